The summed E-state index contributed by atoms with van der Waals surface area (Å²) in [5.41, 5.74) is -0.0824. The molecule has 0 saturated heterocycles. The second-order valence-corrected chi connectivity index (χ2v) is 5.10. The van der Waals surface area contributed by atoms with E-state index in [4.69, 9.17) is 5.11 Å². The van der Waals surface area contributed by atoms with Crippen LogP contribution in [0, 0.1) is 5.82 Å². The SMILES string of the molecule is CCC(C)(C)NC(=O)c1ccc(C=CC(=O)O)cc1F. The molecule has 108 valence electrons. The zero-order chi connectivity index (χ0) is 15.3. The van der Waals surface area contributed by atoms with E-state index in [-0.39, 0.29) is 5.56 Å². The van der Waals surface area contributed by atoms with Crippen molar-refractivity contribution < 1.29 is 19.1 Å². The molecule has 5 heteroatoms. The van der Waals surface area contributed by atoms with Crippen molar-refractivity contribution in [3.05, 3.63) is 41.2 Å². The van der Waals surface area contributed by atoms with Crippen molar-refractivity contribution in [2.75, 3.05) is 0 Å². The number of carbonyl (C=O) groups is 2. The summed E-state index contributed by atoms with van der Waals surface area (Å²) in [6.45, 7) is 5.63. The molecule has 1 aromatic carbocycles. The van der Waals surface area contributed by atoms with Gasteiger partial charge in [0.25, 0.3) is 5.91 Å². The first kappa shape index (κ1) is 15.9. The third kappa shape index (κ3) is 4.50. The van der Waals surface area contributed by atoms with Gasteiger partial charge in [-0.2, -0.15) is 0 Å². The van der Waals surface area contributed by atoms with E-state index in [9.17, 15) is 14.0 Å². The summed E-state index contributed by atoms with van der Waals surface area (Å²) in [6.07, 6.45) is 2.90. The molecule has 2 N–H and O–H groups in total. The summed E-state index contributed by atoms with van der Waals surface area (Å²) < 4.78 is 13.9. The Bertz CT molecular complexity index is 550. The molecule has 4 nitrogen and oxygen atoms in total. The molecular formula is C15H18FNO3. The fourth-order valence-corrected chi connectivity index (χ4v) is 1.45. The van der Waals surface area contributed by atoms with Crippen LogP contribution >= 0.6 is 0 Å². The molecule has 0 bridgehead atoms. The van der Waals surface area contributed by atoms with Gasteiger partial charge >= 0.3 is 5.97 Å². The van der Waals surface area contributed by atoms with Crippen LogP contribution in [0.25, 0.3) is 6.08 Å². The Morgan fingerprint density at radius 1 is 1.40 bits per heavy atom. The van der Waals surface area contributed by atoms with Gasteiger partial charge in [0.05, 0.1) is 5.56 Å². The molecule has 0 aliphatic heterocycles. The minimum atomic E-state index is -1.11. The molecule has 0 radical (unpaired) electrons. The summed E-state index contributed by atoms with van der Waals surface area (Å²) in [4.78, 5) is 22.3. The van der Waals surface area contributed by atoms with Gasteiger partial charge in [-0.05, 0) is 44.0 Å². The van der Waals surface area contributed by atoms with Crippen LogP contribution in [0.5, 0.6) is 0 Å². The molecular weight excluding hydrogens is 261 g/mol. The van der Waals surface area contributed by atoms with Crippen molar-refractivity contribution in [2.45, 2.75) is 32.7 Å². The number of rotatable bonds is 5. The van der Waals surface area contributed by atoms with E-state index in [1.165, 1.54) is 18.2 Å². The first-order chi connectivity index (χ1) is 9.25. The second-order valence-electron chi connectivity index (χ2n) is 5.10. The normalized spacial score (nSPS) is 11.6. The Labute approximate surface area is 117 Å². The maximum Gasteiger partial charge on any atom is 0.328 e. The zero-order valence-electron chi connectivity index (χ0n) is 11.7. The molecule has 1 amide bonds. The molecule has 20 heavy (non-hydrogen) atoms. The number of carbonyl (C=O) groups excluding carboxylic acids is 1. The standard InChI is InChI=1S/C15H18FNO3/c1-4-15(2,3)17-14(20)11-7-5-10(9-12(11)16)6-8-13(18)19/h5-9H,4H2,1-3H3,(H,17,20)(H,18,19). The monoisotopic (exact) mass is 279 g/mol. The van der Waals surface area contributed by atoms with Crippen molar-refractivity contribution in [1.29, 1.82) is 0 Å². The molecule has 0 spiro atoms. The Morgan fingerprint density at radius 3 is 2.55 bits per heavy atom. The van der Waals surface area contributed by atoms with E-state index < -0.39 is 23.2 Å². The fraction of sp³-hybridized carbons (Fsp3) is 0.333. The van der Waals surface area contributed by atoms with Crippen molar-refractivity contribution in [3.63, 3.8) is 0 Å². The zero-order valence-corrected chi connectivity index (χ0v) is 11.7. The maximum absolute atomic E-state index is 13.9. The minimum absolute atomic E-state index is 0.0565. The Kier molecular flexibility index (Phi) is 5.02. The summed E-state index contributed by atoms with van der Waals surface area (Å²) in [6, 6.07) is 3.97. The summed E-state index contributed by atoms with van der Waals surface area (Å²) in [7, 11) is 0. The van der Waals surface area contributed by atoms with Gasteiger partial charge in [-0.1, -0.05) is 13.0 Å². The highest BCUT2D eigenvalue weighted by Gasteiger charge is 2.20. The second kappa shape index (κ2) is 6.32. The van der Waals surface area contributed by atoms with Crippen LogP contribution in [0.3, 0.4) is 0 Å². The molecule has 0 aliphatic carbocycles. The van der Waals surface area contributed by atoms with Crippen LogP contribution in [-0.2, 0) is 4.79 Å². The molecule has 1 aromatic rings. The van der Waals surface area contributed by atoms with E-state index in [0.29, 0.717) is 5.56 Å². The number of carboxylic acid groups (broad SMARTS) is 1. The maximum atomic E-state index is 13.9. The molecule has 0 atom stereocenters. The highest BCUT2D eigenvalue weighted by molar-refractivity contribution is 5.95. The summed E-state index contributed by atoms with van der Waals surface area (Å²) in [5, 5.41) is 11.2. The number of halogens is 1. The van der Waals surface area contributed by atoms with E-state index in [1.807, 2.05) is 20.8 Å². The molecule has 0 aromatic heterocycles. The van der Waals surface area contributed by atoms with Crippen molar-refractivity contribution in [3.8, 4) is 0 Å². The molecule has 0 heterocycles. The average Bonchev–Trinajstić information content (AvgIpc) is 2.35. The number of aliphatic carboxylic acids is 1. The van der Waals surface area contributed by atoms with Gasteiger partial charge in [-0.15, -0.1) is 0 Å². The molecule has 0 aliphatic rings. The highest BCUT2D eigenvalue weighted by Crippen LogP contribution is 2.14. The lowest BCUT2D eigenvalue weighted by Gasteiger charge is -2.24. The molecule has 0 unspecified atom stereocenters. The molecule has 0 fully saturated rings. The topological polar surface area (TPSA) is 66.4 Å². The van der Waals surface area contributed by atoms with Crippen LogP contribution in [0.2, 0.25) is 0 Å². The number of hydrogen-bond donors (Lipinski definition) is 2. The Morgan fingerprint density at radius 2 is 2.05 bits per heavy atom. The lowest BCUT2D eigenvalue weighted by molar-refractivity contribution is -0.131. The first-order valence-corrected chi connectivity index (χ1v) is 6.28. The van der Waals surface area contributed by atoms with Gasteiger partial charge < -0.3 is 10.4 Å². The third-order valence-corrected chi connectivity index (χ3v) is 2.99. The van der Waals surface area contributed by atoms with E-state index in [2.05, 4.69) is 5.32 Å². The molecule has 0 saturated carbocycles. The minimum Gasteiger partial charge on any atom is -0.478 e. The summed E-state index contributed by atoms with van der Waals surface area (Å²) in [5.74, 6) is -2.28. The predicted octanol–water partition coefficient (Wildman–Crippen LogP) is 2.84. The van der Waals surface area contributed by atoms with Gasteiger partial charge in [0.15, 0.2) is 0 Å². The van der Waals surface area contributed by atoms with Gasteiger partial charge in [-0.25, -0.2) is 9.18 Å². The summed E-state index contributed by atoms with van der Waals surface area (Å²) >= 11 is 0. The lowest BCUT2D eigenvalue weighted by Crippen LogP contribution is -2.43. The van der Waals surface area contributed by atoms with Gasteiger partial charge in [0.1, 0.15) is 5.82 Å². The van der Waals surface area contributed by atoms with E-state index >= 15 is 0 Å². The lowest BCUT2D eigenvalue weighted by atomic mass is 10.0. The number of nitrogens with one attached hydrogen (secondary N) is 1. The van der Waals surface area contributed by atoms with Gasteiger partial charge in [-0.3, -0.25) is 4.79 Å². The number of amides is 1. The van der Waals surface area contributed by atoms with Crippen LogP contribution in [-0.4, -0.2) is 22.5 Å². The van der Waals surface area contributed by atoms with Crippen molar-refractivity contribution in [1.82, 2.24) is 5.32 Å². The van der Waals surface area contributed by atoms with Gasteiger partial charge in [0.2, 0.25) is 0 Å². The molecule has 1 rings (SSSR count). The first-order valence-electron chi connectivity index (χ1n) is 6.28. The van der Waals surface area contributed by atoms with Crippen LogP contribution < -0.4 is 5.32 Å². The van der Waals surface area contributed by atoms with E-state index in [0.717, 1.165) is 18.6 Å². The Balaban J connectivity index is 2.93. The smallest absolute Gasteiger partial charge is 0.328 e. The average molecular weight is 279 g/mol. The van der Waals surface area contributed by atoms with Gasteiger partial charge in [0, 0.05) is 11.6 Å². The highest BCUT2D eigenvalue weighted by atomic mass is 19.1. The number of hydrogen-bond acceptors (Lipinski definition) is 2. The Hall–Kier alpha value is -2.17. The van der Waals surface area contributed by atoms with Crippen molar-refractivity contribution >= 4 is 18.0 Å². The quantitative estimate of drug-likeness (QED) is 0.814. The third-order valence-electron chi connectivity index (χ3n) is 2.99. The van der Waals surface area contributed by atoms with Crippen LogP contribution in [0.1, 0.15) is 43.1 Å². The van der Waals surface area contributed by atoms with Crippen LogP contribution in [0.4, 0.5) is 4.39 Å². The predicted molar refractivity (Wildman–Crippen MR) is 74.9 cm³/mol. The fourth-order valence-electron chi connectivity index (χ4n) is 1.45. The van der Waals surface area contributed by atoms with E-state index in [1.54, 1.807) is 0 Å². The largest absolute Gasteiger partial charge is 0.478 e. The van der Waals surface area contributed by atoms with Crippen LogP contribution in [0.15, 0.2) is 24.3 Å². The number of benzene rings is 1. The number of carboxylic acids is 1. The van der Waals surface area contributed by atoms with Crippen molar-refractivity contribution in [2.24, 2.45) is 0 Å².